The van der Waals surface area contributed by atoms with E-state index in [0.29, 0.717) is 6.04 Å². The van der Waals surface area contributed by atoms with Gasteiger partial charge in [-0.3, -0.25) is 4.98 Å². The van der Waals surface area contributed by atoms with Crippen LogP contribution < -0.4 is 5.32 Å². The largest absolute Gasteiger partial charge is 0.396 e. The molecule has 0 amide bonds. The zero-order valence-corrected chi connectivity index (χ0v) is 12.1. The first-order chi connectivity index (χ1) is 9.70. The molecular formula is C17H22N2O. The third-order valence-corrected chi connectivity index (χ3v) is 3.69. The minimum Gasteiger partial charge on any atom is -0.396 e. The molecule has 0 radical (unpaired) electrons. The van der Waals surface area contributed by atoms with Crippen molar-refractivity contribution in [1.29, 1.82) is 0 Å². The van der Waals surface area contributed by atoms with Gasteiger partial charge in [0.15, 0.2) is 0 Å². The lowest BCUT2D eigenvalue weighted by atomic mass is 10.0. The fraction of sp³-hybridized carbons (Fsp3) is 0.353. The highest BCUT2D eigenvalue weighted by Gasteiger charge is 2.10. The Balaban J connectivity index is 2.04. The topological polar surface area (TPSA) is 45.1 Å². The predicted molar refractivity (Wildman–Crippen MR) is 82.2 cm³/mol. The summed E-state index contributed by atoms with van der Waals surface area (Å²) in [6.07, 6.45) is 3.66. The molecule has 106 valence electrons. The molecule has 0 saturated heterocycles. The van der Waals surface area contributed by atoms with Gasteiger partial charge in [0, 0.05) is 31.6 Å². The third-order valence-electron chi connectivity index (χ3n) is 3.69. The number of nitrogens with zero attached hydrogens (tertiary/aromatic N) is 1. The number of pyridine rings is 1. The fourth-order valence-electron chi connectivity index (χ4n) is 2.03. The first-order valence-corrected chi connectivity index (χ1v) is 7.04. The van der Waals surface area contributed by atoms with E-state index in [1.807, 2.05) is 19.2 Å². The van der Waals surface area contributed by atoms with Gasteiger partial charge in [0.1, 0.15) is 0 Å². The zero-order chi connectivity index (χ0) is 14.4. The molecule has 0 bridgehead atoms. The Labute approximate surface area is 120 Å². The number of hydrogen-bond acceptors (Lipinski definition) is 3. The number of aliphatic hydroxyl groups excluding tert-OH is 1. The second-order valence-electron chi connectivity index (χ2n) is 5.27. The van der Waals surface area contributed by atoms with E-state index in [0.717, 1.165) is 12.1 Å². The van der Waals surface area contributed by atoms with Crippen LogP contribution in [-0.2, 0) is 6.54 Å². The molecule has 0 aliphatic heterocycles. The average molecular weight is 270 g/mol. The second kappa shape index (κ2) is 7.17. The van der Waals surface area contributed by atoms with Crippen LogP contribution in [0.5, 0.6) is 0 Å². The molecule has 0 fully saturated rings. The van der Waals surface area contributed by atoms with Crippen molar-refractivity contribution in [3.63, 3.8) is 0 Å². The smallest absolute Gasteiger partial charge is 0.0471 e. The first kappa shape index (κ1) is 14.7. The van der Waals surface area contributed by atoms with Crippen molar-refractivity contribution < 1.29 is 5.11 Å². The Hall–Kier alpha value is -1.71. The number of rotatable bonds is 6. The maximum atomic E-state index is 9.15. The Bertz CT molecular complexity index is 528. The molecular weight excluding hydrogens is 248 g/mol. The molecule has 0 spiro atoms. The van der Waals surface area contributed by atoms with Crippen LogP contribution >= 0.6 is 0 Å². The summed E-state index contributed by atoms with van der Waals surface area (Å²) in [6.45, 7) is 5.17. The number of aromatic nitrogens is 1. The molecule has 2 atom stereocenters. The van der Waals surface area contributed by atoms with E-state index in [4.69, 9.17) is 5.11 Å². The average Bonchev–Trinajstić information content (AvgIpc) is 2.53. The van der Waals surface area contributed by atoms with Crippen molar-refractivity contribution in [3.8, 4) is 11.1 Å². The highest BCUT2D eigenvalue weighted by atomic mass is 16.3. The molecule has 2 rings (SSSR count). The summed E-state index contributed by atoms with van der Waals surface area (Å²) in [7, 11) is 0. The van der Waals surface area contributed by atoms with Gasteiger partial charge in [-0.25, -0.2) is 0 Å². The van der Waals surface area contributed by atoms with Gasteiger partial charge >= 0.3 is 0 Å². The molecule has 2 unspecified atom stereocenters. The summed E-state index contributed by atoms with van der Waals surface area (Å²) in [5.41, 5.74) is 3.55. The molecule has 1 aromatic carbocycles. The van der Waals surface area contributed by atoms with Crippen molar-refractivity contribution in [2.75, 3.05) is 6.61 Å². The van der Waals surface area contributed by atoms with E-state index in [1.54, 1.807) is 6.20 Å². The lowest BCUT2D eigenvalue weighted by Gasteiger charge is -2.19. The maximum Gasteiger partial charge on any atom is 0.0471 e. The van der Waals surface area contributed by atoms with E-state index in [-0.39, 0.29) is 12.5 Å². The summed E-state index contributed by atoms with van der Waals surface area (Å²) in [5.74, 6) is 0.261. The van der Waals surface area contributed by atoms with Gasteiger partial charge < -0.3 is 10.4 Å². The van der Waals surface area contributed by atoms with Gasteiger partial charge in [0.05, 0.1) is 0 Å². The molecule has 0 aliphatic rings. The molecule has 3 nitrogen and oxygen atoms in total. The molecule has 2 N–H and O–H groups in total. The van der Waals surface area contributed by atoms with Gasteiger partial charge in [-0.1, -0.05) is 31.2 Å². The summed E-state index contributed by atoms with van der Waals surface area (Å²) in [6, 6.07) is 12.8. The van der Waals surface area contributed by atoms with E-state index in [9.17, 15) is 0 Å². The van der Waals surface area contributed by atoms with Crippen molar-refractivity contribution >= 4 is 0 Å². The molecule has 0 aliphatic carbocycles. The normalized spacial score (nSPS) is 13.9. The molecule has 20 heavy (non-hydrogen) atoms. The number of hydrogen-bond donors (Lipinski definition) is 2. The van der Waals surface area contributed by atoms with Gasteiger partial charge in [-0.15, -0.1) is 0 Å². The van der Waals surface area contributed by atoms with Crippen LogP contribution in [0, 0.1) is 5.92 Å². The van der Waals surface area contributed by atoms with Crippen molar-refractivity contribution in [1.82, 2.24) is 10.3 Å². The molecule has 1 heterocycles. The van der Waals surface area contributed by atoms with Gasteiger partial charge in [-0.05, 0) is 41.7 Å². The van der Waals surface area contributed by atoms with Gasteiger partial charge in [0.2, 0.25) is 0 Å². The number of benzene rings is 1. The Morgan fingerprint density at radius 3 is 2.65 bits per heavy atom. The highest BCUT2D eigenvalue weighted by Crippen LogP contribution is 2.19. The van der Waals surface area contributed by atoms with Crippen LogP contribution in [-0.4, -0.2) is 22.7 Å². The van der Waals surface area contributed by atoms with Crippen molar-refractivity contribution in [2.24, 2.45) is 5.92 Å². The molecule has 3 heteroatoms. The van der Waals surface area contributed by atoms with Crippen LogP contribution in [0.4, 0.5) is 0 Å². The number of aliphatic hydroxyl groups is 1. The lowest BCUT2D eigenvalue weighted by molar-refractivity contribution is 0.207. The summed E-state index contributed by atoms with van der Waals surface area (Å²) < 4.78 is 0. The van der Waals surface area contributed by atoms with E-state index in [2.05, 4.69) is 47.6 Å². The zero-order valence-electron chi connectivity index (χ0n) is 12.1. The molecule has 2 aromatic rings. The van der Waals surface area contributed by atoms with Crippen molar-refractivity contribution in [2.45, 2.75) is 26.4 Å². The molecule has 0 saturated carbocycles. The van der Waals surface area contributed by atoms with Crippen molar-refractivity contribution in [3.05, 3.63) is 54.4 Å². The Morgan fingerprint density at radius 2 is 1.95 bits per heavy atom. The van der Waals surface area contributed by atoms with Crippen LogP contribution in [0.1, 0.15) is 19.4 Å². The summed E-state index contributed by atoms with van der Waals surface area (Å²) >= 11 is 0. The fourth-order valence-corrected chi connectivity index (χ4v) is 2.03. The minimum absolute atomic E-state index is 0.212. The van der Waals surface area contributed by atoms with Crippen LogP contribution in [0.25, 0.3) is 11.1 Å². The van der Waals surface area contributed by atoms with E-state index in [1.165, 1.54) is 11.1 Å². The maximum absolute atomic E-state index is 9.15. The second-order valence-corrected chi connectivity index (χ2v) is 5.27. The third kappa shape index (κ3) is 3.89. The van der Waals surface area contributed by atoms with E-state index >= 15 is 0 Å². The highest BCUT2D eigenvalue weighted by molar-refractivity contribution is 5.62. The van der Waals surface area contributed by atoms with E-state index < -0.39 is 0 Å². The predicted octanol–water partition coefficient (Wildman–Crippen LogP) is 2.86. The van der Waals surface area contributed by atoms with Crippen LogP contribution in [0.3, 0.4) is 0 Å². The summed E-state index contributed by atoms with van der Waals surface area (Å²) in [5, 5.41) is 12.6. The first-order valence-electron chi connectivity index (χ1n) is 7.04. The minimum atomic E-state index is 0.212. The molecule has 1 aromatic heterocycles. The van der Waals surface area contributed by atoms with Crippen LogP contribution in [0.15, 0.2) is 48.8 Å². The standard InChI is InChI=1S/C17H22N2O/c1-13(12-20)14(2)19-10-15-5-3-6-16(9-15)17-7-4-8-18-11-17/h3-9,11,13-14,19-20H,10,12H2,1-2H3. The van der Waals surface area contributed by atoms with Gasteiger partial charge in [-0.2, -0.15) is 0 Å². The number of nitrogens with one attached hydrogen (secondary N) is 1. The SMILES string of the molecule is CC(CO)C(C)NCc1cccc(-c2cccnc2)c1. The monoisotopic (exact) mass is 270 g/mol. The van der Waals surface area contributed by atoms with Crippen LogP contribution in [0.2, 0.25) is 0 Å². The lowest BCUT2D eigenvalue weighted by Crippen LogP contribution is -2.33. The Kier molecular flexibility index (Phi) is 5.27. The Morgan fingerprint density at radius 1 is 1.15 bits per heavy atom. The van der Waals surface area contributed by atoms with Gasteiger partial charge in [0.25, 0.3) is 0 Å². The quantitative estimate of drug-likeness (QED) is 0.848. The summed E-state index contributed by atoms with van der Waals surface area (Å²) in [4.78, 5) is 4.16.